The molecule has 0 unspecified atom stereocenters. The minimum Gasteiger partial charge on any atom is -0.444 e. The molecule has 0 aliphatic heterocycles. The van der Waals surface area contributed by atoms with Crippen molar-refractivity contribution in [2.75, 3.05) is 6.54 Å². The lowest BCUT2D eigenvalue weighted by molar-refractivity contribution is -0.123. The molecule has 1 aromatic heterocycles. The van der Waals surface area contributed by atoms with Crippen molar-refractivity contribution in [3.8, 4) is 0 Å². The molecule has 1 saturated carbocycles. The Balaban J connectivity index is 1.72. The van der Waals surface area contributed by atoms with Crippen molar-refractivity contribution in [3.63, 3.8) is 0 Å². The number of aryl methyl sites for hydroxylation is 1. The van der Waals surface area contributed by atoms with Gasteiger partial charge in [0.25, 0.3) is 0 Å². The Morgan fingerprint density at radius 3 is 2.27 bits per heavy atom. The summed E-state index contributed by atoms with van der Waals surface area (Å²) in [6, 6.07) is 7.48. The highest BCUT2D eigenvalue weighted by atomic mass is 16.6. The molecule has 2 aromatic rings. The first-order chi connectivity index (χ1) is 14.1. The number of fused-ring (bicyclic) bond motifs is 1. The van der Waals surface area contributed by atoms with E-state index in [1.807, 2.05) is 52.0 Å². The maximum Gasteiger partial charge on any atom is 0.407 e. The Morgan fingerprint density at radius 1 is 1.10 bits per heavy atom. The predicted molar refractivity (Wildman–Crippen MR) is 115 cm³/mol. The number of alkyl carbamates (subject to hydrolysis) is 1. The zero-order chi connectivity index (χ0) is 21.9. The SMILES string of the molecule is CCn1c(=O)n(CC(=O)NC2(CNC(=O)OC(C)(C)C)CCCC2)c2ccccc21. The largest absolute Gasteiger partial charge is 0.444 e. The number of benzene rings is 1. The number of ether oxygens (including phenoxy) is 1. The lowest BCUT2D eigenvalue weighted by Crippen LogP contribution is -2.55. The second kappa shape index (κ2) is 8.53. The van der Waals surface area contributed by atoms with Gasteiger partial charge in [-0.25, -0.2) is 9.59 Å². The standard InChI is InChI=1S/C22H32N4O4/c1-5-25-16-10-6-7-11-17(16)26(20(25)29)14-18(27)24-22(12-8-9-13-22)15-23-19(28)30-21(2,3)4/h6-7,10-11H,5,8-9,12-15H2,1-4H3,(H,23,28)(H,24,27). The molecule has 3 rings (SSSR count). The fourth-order valence-electron chi connectivity index (χ4n) is 4.16. The van der Waals surface area contributed by atoms with E-state index in [1.54, 1.807) is 4.57 Å². The van der Waals surface area contributed by atoms with Crippen molar-refractivity contribution in [2.24, 2.45) is 0 Å². The van der Waals surface area contributed by atoms with E-state index >= 15 is 0 Å². The zero-order valence-corrected chi connectivity index (χ0v) is 18.3. The average Bonchev–Trinajstić information content (AvgIpc) is 3.22. The molecule has 2 N–H and O–H groups in total. The van der Waals surface area contributed by atoms with Gasteiger partial charge in [-0.1, -0.05) is 25.0 Å². The second-order valence-corrected chi connectivity index (χ2v) is 8.99. The highest BCUT2D eigenvalue weighted by Gasteiger charge is 2.36. The number of nitrogens with zero attached hydrogens (tertiary/aromatic N) is 2. The number of carbonyl (C=O) groups is 2. The molecule has 1 aliphatic rings. The van der Waals surface area contributed by atoms with Gasteiger partial charge < -0.3 is 15.4 Å². The molecule has 0 atom stereocenters. The number of imidazole rings is 1. The van der Waals surface area contributed by atoms with Crippen molar-refractivity contribution in [1.29, 1.82) is 0 Å². The predicted octanol–water partition coefficient (Wildman–Crippen LogP) is 2.78. The molecule has 0 saturated heterocycles. The Hall–Kier alpha value is -2.77. The van der Waals surface area contributed by atoms with E-state index in [2.05, 4.69) is 10.6 Å². The van der Waals surface area contributed by atoms with Crippen LogP contribution in [0.15, 0.2) is 29.1 Å². The summed E-state index contributed by atoms with van der Waals surface area (Å²) in [4.78, 5) is 37.8. The van der Waals surface area contributed by atoms with Gasteiger partial charge >= 0.3 is 11.8 Å². The number of para-hydroxylation sites is 2. The van der Waals surface area contributed by atoms with E-state index in [-0.39, 0.29) is 18.1 Å². The molecule has 0 bridgehead atoms. The van der Waals surface area contributed by atoms with Gasteiger partial charge in [0.05, 0.1) is 16.6 Å². The van der Waals surface area contributed by atoms with Gasteiger partial charge in [-0.2, -0.15) is 0 Å². The van der Waals surface area contributed by atoms with E-state index in [0.29, 0.717) is 13.1 Å². The number of hydrogen-bond acceptors (Lipinski definition) is 4. The molecule has 1 aromatic carbocycles. The summed E-state index contributed by atoms with van der Waals surface area (Å²) in [7, 11) is 0. The fourth-order valence-corrected chi connectivity index (χ4v) is 4.16. The lowest BCUT2D eigenvalue weighted by atomic mass is 9.97. The Morgan fingerprint density at radius 2 is 1.70 bits per heavy atom. The van der Waals surface area contributed by atoms with Gasteiger partial charge in [-0.3, -0.25) is 13.9 Å². The molecule has 2 amide bonds. The number of rotatable bonds is 6. The molecule has 164 valence electrons. The number of amides is 2. The second-order valence-electron chi connectivity index (χ2n) is 8.99. The van der Waals surface area contributed by atoms with E-state index in [0.717, 1.165) is 36.7 Å². The molecular formula is C22H32N4O4. The van der Waals surface area contributed by atoms with Crippen LogP contribution in [0, 0.1) is 0 Å². The molecule has 1 heterocycles. The quantitative estimate of drug-likeness (QED) is 0.757. The molecule has 8 heteroatoms. The summed E-state index contributed by atoms with van der Waals surface area (Å²) in [5.41, 5.74) is 0.277. The summed E-state index contributed by atoms with van der Waals surface area (Å²) in [6.45, 7) is 8.13. The van der Waals surface area contributed by atoms with Crippen molar-refractivity contribution >= 4 is 23.0 Å². The van der Waals surface area contributed by atoms with Crippen molar-refractivity contribution in [2.45, 2.75) is 77.6 Å². The van der Waals surface area contributed by atoms with Gasteiger partial charge in [0, 0.05) is 13.1 Å². The van der Waals surface area contributed by atoms with Crippen LogP contribution in [0.4, 0.5) is 4.79 Å². The smallest absolute Gasteiger partial charge is 0.407 e. The van der Waals surface area contributed by atoms with Gasteiger partial charge in [0.15, 0.2) is 0 Å². The van der Waals surface area contributed by atoms with Crippen LogP contribution >= 0.6 is 0 Å². The first kappa shape index (κ1) is 21.9. The minimum absolute atomic E-state index is 0.0550. The Labute approximate surface area is 176 Å². The molecule has 1 aliphatic carbocycles. The monoisotopic (exact) mass is 416 g/mol. The topological polar surface area (TPSA) is 94.4 Å². The first-order valence-corrected chi connectivity index (χ1v) is 10.6. The highest BCUT2D eigenvalue weighted by molar-refractivity contribution is 5.81. The van der Waals surface area contributed by atoms with E-state index in [9.17, 15) is 14.4 Å². The van der Waals surface area contributed by atoms with E-state index in [1.165, 1.54) is 4.57 Å². The van der Waals surface area contributed by atoms with Crippen LogP contribution in [0.25, 0.3) is 11.0 Å². The minimum atomic E-state index is -0.579. The third kappa shape index (κ3) is 4.86. The number of aromatic nitrogens is 2. The fraction of sp³-hybridized carbons (Fsp3) is 0.591. The van der Waals surface area contributed by atoms with Crippen LogP contribution in [0.2, 0.25) is 0 Å². The van der Waals surface area contributed by atoms with Gasteiger partial charge in [0.2, 0.25) is 5.91 Å². The maximum atomic E-state index is 12.9. The number of hydrogen-bond donors (Lipinski definition) is 2. The molecule has 8 nitrogen and oxygen atoms in total. The van der Waals surface area contributed by atoms with Crippen LogP contribution in [-0.4, -0.2) is 38.8 Å². The lowest BCUT2D eigenvalue weighted by Gasteiger charge is -2.31. The molecule has 1 fully saturated rings. The first-order valence-electron chi connectivity index (χ1n) is 10.6. The van der Waals surface area contributed by atoms with Crippen molar-refractivity contribution in [1.82, 2.24) is 19.8 Å². The summed E-state index contributed by atoms with van der Waals surface area (Å²) in [5.74, 6) is -0.232. The van der Waals surface area contributed by atoms with Crippen molar-refractivity contribution < 1.29 is 14.3 Å². The molecular weight excluding hydrogens is 384 g/mol. The zero-order valence-electron chi connectivity index (χ0n) is 18.3. The van der Waals surface area contributed by atoms with E-state index in [4.69, 9.17) is 4.74 Å². The summed E-state index contributed by atoms with van der Waals surface area (Å²) < 4.78 is 8.49. The molecule has 30 heavy (non-hydrogen) atoms. The molecule has 0 spiro atoms. The van der Waals surface area contributed by atoms with Gasteiger partial charge in [-0.15, -0.1) is 0 Å². The molecule has 0 radical (unpaired) electrons. The number of nitrogens with one attached hydrogen (secondary N) is 2. The normalized spacial score (nSPS) is 15.9. The summed E-state index contributed by atoms with van der Waals surface area (Å²) in [5, 5.41) is 5.90. The summed E-state index contributed by atoms with van der Waals surface area (Å²) >= 11 is 0. The van der Waals surface area contributed by atoms with Crippen LogP contribution in [0.3, 0.4) is 0 Å². The Kier molecular flexibility index (Phi) is 6.24. The van der Waals surface area contributed by atoms with Crippen LogP contribution in [0.5, 0.6) is 0 Å². The Bertz CT molecular complexity index is 977. The van der Waals surface area contributed by atoms with Crippen LogP contribution in [-0.2, 0) is 22.6 Å². The van der Waals surface area contributed by atoms with Gasteiger partial charge in [0.1, 0.15) is 12.1 Å². The van der Waals surface area contributed by atoms with Crippen LogP contribution in [0.1, 0.15) is 53.4 Å². The average molecular weight is 417 g/mol. The third-order valence-corrected chi connectivity index (χ3v) is 5.48. The van der Waals surface area contributed by atoms with E-state index < -0.39 is 17.2 Å². The summed E-state index contributed by atoms with van der Waals surface area (Å²) in [6.07, 6.45) is 3.02. The highest BCUT2D eigenvalue weighted by Crippen LogP contribution is 2.29. The number of carbonyl (C=O) groups excluding carboxylic acids is 2. The van der Waals surface area contributed by atoms with Crippen LogP contribution < -0.4 is 16.3 Å². The maximum absolute atomic E-state index is 12.9. The third-order valence-electron chi connectivity index (χ3n) is 5.48. The van der Waals surface area contributed by atoms with Gasteiger partial charge in [-0.05, 0) is 52.7 Å². The van der Waals surface area contributed by atoms with Crippen molar-refractivity contribution in [3.05, 3.63) is 34.7 Å².